The van der Waals surface area contributed by atoms with Crippen LogP contribution >= 0.6 is 0 Å². The number of nitro groups is 1. The number of piperazine rings is 1. The van der Waals surface area contributed by atoms with Crippen molar-refractivity contribution in [2.45, 2.75) is 12.6 Å². The van der Waals surface area contributed by atoms with E-state index in [1.54, 1.807) is 23.0 Å². The molecule has 0 radical (unpaired) electrons. The number of hydrogen-bond donors (Lipinski definition) is 1. The van der Waals surface area contributed by atoms with E-state index in [-0.39, 0.29) is 10.6 Å². The van der Waals surface area contributed by atoms with Crippen molar-refractivity contribution in [1.29, 1.82) is 0 Å². The van der Waals surface area contributed by atoms with Crippen LogP contribution in [0.3, 0.4) is 0 Å². The number of hydrogen-bond acceptors (Lipinski definition) is 6. The van der Waals surface area contributed by atoms with Crippen LogP contribution < -0.4 is 4.90 Å². The minimum absolute atomic E-state index is 0.115. The van der Waals surface area contributed by atoms with E-state index in [0.29, 0.717) is 13.1 Å². The van der Waals surface area contributed by atoms with Crippen LogP contribution in [0, 0.1) is 10.1 Å². The van der Waals surface area contributed by atoms with Crippen molar-refractivity contribution in [1.82, 2.24) is 14.7 Å². The molecule has 1 fully saturated rings. The minimum atomic E-state index is -0.464. The SMILES string of the molecule is O=[N+]([O-])c1cccc(N2CCN(CC(O)Cn3cccn3)CC2)c1. The van der Waals surface area contributed by atoms with Gasteiger partial charge in [-0.2, -0.15) is 5.10 Å². The highest BCUT2D eigenvalue weighted by Crippen LogP contribution is 2.22. The normalized spacial score (nSPS) is 17.0. The Morgan fingerprint density at radius 2 is 2.00 bits per heavy atom. The van der Waals surface area contributed by atoms with Crippen molar-refractivity contribution in [3.8, 4) is 0 Å². The molecular weight excluding hydrogens is 310 g/mol. The number of nitrogens with zero attached hydrogens (tertiary/aromatic N) is 5. The van der Waals surface area contributed by atoms with E-state index in [1.165, 1.54) is 6.07 Å². The number of anilines is 1. The molecule has 1 unspecified atom stereocenters. The Morgan fingerprint density at radius 3 is 2.67 bits per heavy atom. The number of non-ortho nitro benzene ring substituents is 1. The van der Waals surface area contributed by atoms with Crippen molar-refractivity contribution < 1.29 is 10.0 Å². The molecule has 1 atom stereocenters. The lowest BCUT2D eigenvalue weighted by atomic mass is 10.2. The summed E-state index contributed by atoms with van der Waals surface area (Å²) in [6, 6.07) is 8.57. The third-order valence-corrected chi connectivity index (χ3v) is 4.20. The minimum Gasteiger partial charge on any atom is -0.390 e. The first-order chi connectivity index (χ1) is 11.6. The molecule has 1 aromatic carbocycles. The lowest BCUT2D eigenvalue weighted by molar-refractivity contribution is -0.384. The molecule has 0 bridgehead atoms. The van der Waals surface area contributed by atoms with Gasteiger partial charge in [0.1, 0.15) is 0 Å². The predicted molar refractivity (Wildman–Crippen MR) is 90.0 cm³/mol. The van der Waals surface area contributed by atoms with Crippen LogP contribution in [0.1, 0.15) is 0 Å². The molecule has 0 spiro atoms. The summed E-state index contributed by atoms with van der Waals surface area (Å²) < 4.78 is 1.73. The molecule has 1 aliphatic rings. The molecule has 1 saturated heterocycles. The lowest BCUT2D eigenvalue weighted by Gasteiger charge is -2.36. The van der Waals surface area contributed by atoms with Crippen LogP contribution in [0.2, 0.25) is 0 Å². The van der Waals surface area contributed by atoms with Crippen LogP contribution in [-0.2, 0) is 6.54 Å². The highest BCUT2D eigenvalue weighted by molar-refractivity contribution is 5.53. The van der Waals surface area contributed by atoms with Crippen LogP contribution in [0.15, 0.2) is 42.7 Å². The molecule has 2 heterocycles. The molecule has 2 aromatic rings. The summed E-state index contributed by atoms with van der Waals surface area (Å²) in [5.74, 6) is 0. The maximum absolute atomic E-state index is 10.9. The average Bonchev–Trinajstić information content (AvgIpc) is 3.08. The Kier molecular flexibility index (Phi) is 5.07. The Labute approximate surface area is 140 Å². The molecule has 1 aliphatic heterocycles. The second-order valence-corrected chi connectivity index (χ2v) is 5.95. The number of nitro benzene ring substituents is 1. The van der Waals surface area contributed by atoms with Gasteiger partial charge in [-0.05, 0) is 12.1 Å². The number of β-amino-alcohol motifs (C(OH)–C–C–N with tert-alkyl or cyclic N) is 1. The zero-order chi connectivity index (χ0) is 16.9. The summed E-state index contributed by atoms with van der Waals surface area (Å²) in [5.41, 5.74) is 0.991. The Bertz CT molecular complexity index is 668. The highest BCUT2D eigenvalue weighted by atomic mass is 16.6. The molecule has 24 heavy (non-hydrogen) atoms. The number of benzene rings is 1. The first kappa shape index (κ1) is 16.4. The van der Waals surface area contributed by atoms with Crippen LogP contribution in [0.25, 0.3) is 0 Å². The van der Waals surface area contributed by atoms with Crippen molar-refractivity contribution in [2.24, 2.45) is 0 Å². The van der Waals surface area contributed by atoms with Gasteiger partial charge in [0, 0.05) is 62.9 Å². The van der Waals surface area contributed by atoms with Gasteiger partial charge in [0.2, 0.25) is 0 Å². The molecule has 3 rings (SSSR count). The number of aromatic nitrogens is 2. The van der Waals surface area contributed by atoms with Crippen LogP contribution in [0.5, 0.6) is 0 Å². The summed E-state index contributed by atoms with van der Waals surface area (Å²) in [7, 11) is 0. The average molecular weight is 331 g/mol. The van der Waals surface area contributed by atoms with Gasteiger partial charge in [-0.1, -0.05) is 6.07 Å². The van der Waals surface area contributed by atoms with Crippen molar-refractivity contribution in [2.75, 3.05) is 37.6 Å². The van der Waals surface area contributed by atoms with Gasteiger partial charge < -0.3 is 10.0 Å². The topological polar surface area (TPSA) is 87.7 Å². The Hall–Kier alpha value is -2.45. The van der Waals surface area contributed by atoms with Crippen LogP contribution in [0.4, 0.5) is 11.4 Å². The van der Waals surface area contributed by atoms with E-state index < -0.39 is 6.10 Å². The summed E-state index contributed by atoms with van der Waals surface area (Å²) >= 11 is 0. The van der Waals surface area contributed by atoms with Gasteiger partial charge in [-0.15, -0.1) is 0 Å². The van der Waals surface area contributed by atoms with Gasteiger partial charge >= 0.3 is 0 Å². The summed E-state index contributed by atoms with van der Waals surface area (Å²) in [6.45, 7) is 4.30. The largest absolute Gasteiger partial charge is 0.390 e. The van der Waals surface area contributed by atoms with E-state index in [4.69, 9.17) is 0 Å². The third-order valence-electron chi connectivity index (χ3n) is 4.20. The fourth-order valence-corrected chi connectivity index (χ4v) is 2.97. The third kappa shape index (κ3) is 4.09. The quantitative estimate of drug-likeness (QED) is 0.627. The molecule has 8 nitrogen and oxygen atoms in total. The van der Waals surface area contributed by atoms with E-state index in [1.807, 2.05) is 18.3 Å². The van der Waals surface area contributed by atoms with Gasteiger partial charge in [0.05, 0.1) is 17.6 Å². The fraction of sp³-hybridized carbons (Fsp3) is 0.438. The van der Waals surface area contributed by atoms with Crippen molar-refractivity contribution in [3.05, 3.63) is 52.8 Å². The second-order valence-electron chi connectivity index (χ2n) is 5.95. The lowest BCUT2D eigenvalue weighted by Crippen LogP contribution is -2.49. The Balaban J connectivity index is 1.50. The maximum atomic E-state index is 10.9. The molecule has 0 amide bonds. The zero-order valence-electron chi connectivity index (χ0n) is 13.4. The molecular formula is C16H21N5O3. The zero-order valence-corrected chi connectivity index (χ0v) is 13.4. The van der Waals surface area contributed by atoms with Crippen LogP contribution in [-0.4, -0.2) is 63.5 Å². The smallest absolute Gasteiger partial charge is 0.271 e. The predicted octanol–water partition coefficient (Wildman–Crippen LogP) is 0.974. The molecule has 128 valence electrons. The van der Waals surface area contributed by atoms with E-state index >= 15 is 0 Å². The van der Waals surface area contributed by atoms with E-state index in [2.05, 4.69) is 14.9 Å². The number of aliphatic hydroxyl groups excluding tert-OH is 1. The van der Waals surface area contributed by atoms with Crippen molar-refractivity contribution in [3.63, 3.8) is 0 Å². The van der Waals surface area contributed by atoms with Gasteiger partial charge in [-0.3, -0.25) is 19.7 Å². The Morgan fingerprint density at radius 1 is 1.21 bits per heavy atom. The fourth-order valence-electron chi connectivity index (χ4n) is 2.97. The molecule has 0 saturated carbocycles. The second kappa shape index (κ2) is 7.41. The molecule has 0 aliphatic carbocycles. The summed E-state index contributed by atoms with van der Waals surface area (Å²) in [6.07, 6.45) is 3.07. The molecule has 8 heteroatoms. The van der Waals surface area contributed by atoms with E-state index in [0.717, 1.165) is 31.9 Å². The first-order valence-electron chi connectivity index (χ1n) is 7.99. The maximum Gasteiger partial charge on any atom is 0.271 e. The van der Waals surface area contributed by atoms with Crippen molar-refractivity contribution >= 4 is 11.4 Å². The highest BCUT2D eigenvalue weighted by Gasteiger charge is 2.20. The molecule has 1 N–H and O–H groups in total. The first-order valence-corrected chi connectivity index (χ1v) is 7.99. The monoisotopic (exact) mass is 331 g/mol. The number of rotatable bonds is 6. The van der Waals surface area contributed by atoms with Gasteiger partial charge in [0.25, 0.3) is 5.69 Å². The van der Waals surface area contributed by atoms with E-state index in [9.17, 15) is 15.2 Å². The van der Waals surface area contributed by atoms with Gasteiger partial charge in [0.15, 0.2) is 0 Å². The number of aliphatic hydroxyl groups is 1. The summed E-state index contributed by atoms with van der Waals surface area (Å²) in [5, 5.41) is 25.1. The van der Waals surface area contributed by atoms with Gasteiger partial charge in [-0.25, -0.2) is 0 Å². The molecule has 1 aromatic heterocycles. The standard InChI is InChI=1S/C16H21N5O3/c22-16(13-20-6-2-5-17-20)12-18-7-9-19(10-8-18)14-3-1-4-15(11-14)21(23)24/h1-6,11,16,22H,7-10,12-13H2. The summed E-state index contributed by atoms with van der Waals surface area (Å²) in [4.78, 5) is 14.9.